The lowest BCUT2D eigenvalue weighted by Crippen LogP contribution is -2.36. The first-order chi connectivity index (χ1) is 13.1. The van der Waals surface area contributed by atoms with Crippen LogP contribution in [0.1, 0.15) is 18.9 Å². The molecule has 1 N–H and O–H groups in total. The molecular formula is C20H18F3NO4. The summed E-state index contributed by atoms with van der Waals surface area (Å²) in [6.07, 6.45) is -1.26. The number of benzene rings is 2. The van der Waals surface area contributed by atoms with Crippen LogP contribution in [0.25, 0.3) is 0 Å². The highest BCUT2D eigenvalue weighted by molar-refractivity contribution is 5.78. The third-order valence-corrected chi connectivity index (χ3v) is 4.24. The van der Waals surface area contributed by atoms with Crippen LogP contribution in [-0.2, 0) is 11.0 Å². The van der Waals surface area contributed by atoms with Crippen molar-refractivity contribution in [3.8, 4) is 17.2 Å². The van der Waals surface area contributed by atoms with Crippen LogP contribution in [0, 0.1) is 5.41 Å². The van der Waals surface area contributed by atoms with Gasteiger partial charge in [-0.15, -0.1) is 0 Å². The topological polar surface area (TPSA) is 59.0 Å². The fraction of sp³-hybridized carbons (Fsp3) is 0.250. The van der Waals surface area contributed by atoms with E-state index in [2.05, 4.69) is 0 Å². The maximum absolute atomic E-state index is 12.6. The highest BCUT2D eigenvalue weighted by Crippen LogP contribution is 2.32. The van der Waals surface area contributed by atoms with Gasteiger partial charge in [0.05, 0.1) is 12.2 Å². The van der Waals surface area contributed by atoms with Gasteiger partial charge in [0.1, 0.15) is 17.2 Å². The van der Waals surface area contributed by atoms with Gasteiger partial charge in [0.25, 0.3) is 5.91 Å². The highest BCUT2D eigenvalue weighted by atomic mass is 19.4. The molecule has 1 unspecified atom stereocenters. The minimum absolute atomic E-state index is 0.120. The molecule has 0 fully saturated rings. The minimum Gasteiger partial charge on any atom is -0.493 e. The number of amides is 1. The van der Waals surface area contributed by atoms with Crippen molar-refractivity contribution in [1.29, 1.82) is 0 Å². The van der Waals surface area contributed by atoms with E-state index in [-0.39, 0.29) is 18.8 Å². The number of hydrogen-bond donors (Lipinski definition) is 1. The summed E-state index contributed by atoms with van der Waals surface area (Å²) in [5.41, 5.74) is -1.28. The van der Waals surface area contributed by atoms with Gasteiger partial charge in [-0.25, -0.2) is 0 Å². The van der Waals surface area contributed by atoms with Crippen LogP contribution in [0.2, 0.25) is 0 Å². The van der Waals surface area contributed by atoms with Gasteiger partial charge in [0.2, 0.25) is 0 Å². The maximum atomic E-state index is 12.6. The highest BCUT2D eigenvalue weighted by Gasteiger charge is 2.32. The Morgan fingerprint density at radius 2 is 1.57 bits per heavy atom. The average Bonchev–Trinajstić information content (AvgIpc) is 2.64. The molecule has 1 heterocycles. The van der Waals surface area contributed by atoms with E-state index < -0.39 is 23.1 Å². The normalized spacial score (nSPS) is 19.6. The summed E-state index contributed by atoms with van der Waals surface area (Å²) in [4.78, 5) is 11.6. The molecule has 8 heteroatoms. The van der Waals surface area contributed by atoms with E-state index in [1.54, 1.807) is 30.3 Å². The zero-order chi connectivity index (χ0) is 20.4. The van der Waals surface area contributed by atoms with Crippen molar-refractivity contribution in [3.63, 3.8) is 0 Å². The van der Waals surface area contributed by atoms with E-state index >= 15 is 0 Å². The van der Waals surface area contributed by atoms with E-state index in [1.807, 2.05) is 6.92 Å². The Labute approximate surface area is 159 Å². The fourth-order valence-corrected chi connectivity index (χ4v) is 2.62. The van der Waals surface area contributed by atoms with Crippen LogP contribution < -0.4 is 9.47 Å². The second-order valence-electron chi connectivity index (χ2n) is 6.77. The molecule has 5 nitrogen and oxygen atoms in total. The first-order valence-corrected chi connectivity index (χ1v) is 8.43. The van der Waals surface area contributed by atoms with Crippen molar-refractivity contribution in [2.24, 2.45) is 5.41 Å². The molecule has 1 amide bonds. The molecule has 0 spiro atoms. The standard InChI is InChI=1S/C20H18F3NO4/c1-19(10-11-24(26)18(25)12-19)13-27-15-6-8-17(9-7-15)28-16-4-2-14(3-5-16)20(21,22)23/h2-11,26H,12-13H2,1H3. The van der Waals surface area contributed by atoms with Gasteiger partial charge in [-0.3, -0.25) is 10.0 Å². The van der Waals surface area contributed by atoms with Gasteiger partial charge < -0.3 is 9.47 Å². The lowest BCUT2D eigenvalue weighted by atomic mass is 9.85. The van der Waals surface area contributed by atoms with E-state index in [9.17, 15) is 23.2 Å². The predicted octanol–water partition coefficient (Wildman–Crippen LogP) is 5.02. The molecule has 0 aliphatic carbocycles. The van der Waals surface area contributed by atoms with E-state index in [4.69, 9.17) is 9.47 Å². The van der Waals surface area contributed by atoms with Crippen molar-refractivity contribution in [2.45, 2.75) is 19.5 Å². The molecule has 0 radical (unpaired) electrons. The van der Waals surface area contributed by atoms with Crippen molar-refractivity contribution in [1.82, 2.24) is 5.06 Å². The third-order valence-electron chi connectivity index (χ3n) is 4.24. The number of nitrogens with zero attached hydrogens (tertiary/aromatic N) is 1. The lowest BCUT2D eigenvalue weighted by molar-refractivity contribution is -0.158. The molecule has 3 rings (SSSR count). The smallest absolute Gasteiger partial charge is 0.416 e. The Kier molecular flexibility index (Phi) is 5.33. The zero-order valence-corrected chi connectivity index (χ0v) is 14.9. The number of carbonyl (C=O) groups excluding carboxylic acids is 1. The van der Waals surface area contributed by atoms with Gasteiger partial charge in [-0.2, -0.15) is 18.2 Å². The second-order valence-corrected chi connectivity index (χ2v) is 6.77. The zero-order valence-electron chi connectivity index (χ0n) is 14.9. The van der Waals surface area contributed by atoms with Crippen molar-refractivity contribution < 1.29 is 32.6 Å². The van der Waals surface area contributed by atoms with Gasteiger partial charge in [0, 0.05) is 18.0 Å². The molecule has 1 aliphatic rings. The molecule has 0 saturated carbocycles. The number of halogens is 3. The summed E-state index contributed by atoms with van der Waals surface area (Å²) in [6.45, 7) is 2.08. The largest absolute Gasteiger partial charge is 0.493 e. The van der Waals surface area contributed by atoms with Crippen LogP contribution in [0.3, 0.4) is 0 Å². The van der Waals surface area contributed by atoms with Gasteiger partial charge in [0.15, 0.2) is 0 Å². The maximum Gasteiger partial charge on any atom is 0.416 e. The van der Waals surface area contributed by atoms with Crippen molar-refractivity contribution in [3.05, 3.63) is 66.4 Å². The van der Waals surface area contributed by atoms with Crippen LogP contribution >= 0.6 is 0 Å². The van der Waals surface area contributed by atoms with Crippen LogP contribution in [0.15, 0.2) is 60.8 Å². The van der Waals surface area contributed by atoms with E-state index in [0.29, 0.717) is 16.6 Å². The first-order valence-electron chi connectivity index (χ1n) is 8.43. The van der Waals surface area contributed by atoms with Crippen LogP contribution in [0.5, 0.6) is 17.2 Å². The summed E-state index contributed by atoms with van der Waals surface area (Å²) in [5, 5.41) is 9.84. The Morgan fingerprint density at radius 3 is 2.11 bits per heavy atom. The van der Waals surface area contributed by atoms with Gasteiger partial charge >= 0.3 is 6.18 Å². The van der Waals surface area contributed by atoms with Gasteiger partial charge in [-0.05, 0) is 48.5 Å². The minimum atomic E-state index is -4.39. The molecule has 0 saturated heterocycles. The Hall–Kier alpha value is -3.00. The van der Waals surface area contributed by atoms with E-state index in [0.717, 1.165) is 12.1 Å². The molecule has 1 atom stereocenters. The average molecular weight is 393 g/mol. The molecule has 2 aromatic rings. The molecule has 2 aromatic carbocycles. The second kappa shape index (κ2) is 7.55. The van der Waals surface area contributed by atoms with Gasteiger partial charge in [-0.1, -0.05) is 13.0 Å². The summed E-state index contributed by atoms with van der Waals surface area (Å²) in [6, 6.07) is 11.0. The summed E-state index contributed by atoms with van der Waals surface area (Å²) < 4.78 is 49.0. The monoisotopic (exact) mass is 393 g/mol. The predicted molar refractivity (Wildman–Crippen MR) is 94.0 cm³/mol. The number of ether oxygens (including phenoxy) is 2. The third kappa shape index (κ3) is 4.83. The number of alkyl halides is 3. The number of carbonyl (C=O) groups is 1. The fourth-order valence-electron chi connectivity index (χ4n) is 2.62. The summed E-state index contributed by atoms with van der Waals surface area (Å²) in [7, 11) is 0. The lowest BCUT2D eigenvalue weighted by Gasteiger charge is -2.30. The van der Waals surface area contributed by atoms with Crippen LogP contribution in [0.4, 0.5) is 13.2 Å². The molecule has 1 aliphatic heterocycles. The number of hydrogen-bond acceptors (Lipinski definition) is 4. The number of rotatable bonds is 5. The SMILES string of the molecule is CC1(COc2ccc(Oc3ccc(C(F)(F)F)cc3)cc2)C=CN(O)C(=O)C1. The van der Waals surface area contributed by atoms with Crippen LogP contribution in [-0.4, -0.2) is 22.8 Å². The van der Waals surface area contributed by atoms with Crippen molar-refractivity contribution in [2.75, 3.05) is 6.61 Å². The number of hydroxylamine groups is 2. The molecule has 148 valence electrons. The summed E-state index contributed by atoms with van der Waals surface area (Å²) in [5.74, 6) is 0.873. The molecule has 0 bridgehead atoms. The van der Waals surface area contributed by atoms with E-state index in [1.165, 1.54) is 18.3 Å². The molecule has 28 heavy (non-hydrogen) atoms. The molecular weight excluding hydrogens is 375 g/mol. The first kappa shape index (κ1) is 19.8. The summed E-state index contributed by atoms with van der Waals surface area (Å²) >= 11 is 0. The Balaban J connectivity index is 1.58. The molecule has 0 aromatic heterocycles. The Morgan fingerprint density at radius 1 is 1.04 bits per heavy atom. The van der Waals surface area contributed by atoms with Crippen molar-refractivity contribution >= 4 is 5.91 Å². The Bertz CT molecular complexity index is 863. The quantitative estimate of drug-likeness (QED) is 0.725.